The van der Waals surface area contributed by atoms with Gasteiger partial charge in [-0.3, -0.25) is 14.1 Å². The number of nitrogens with one attached hydrogen (secondary N) is 2. The quantitative estimate of drug-likeness (QED) is 0.290. The lowest BCUT2D eigenvalue weighted by atomic mass is 9.82. The summed E-state index contributed by atoms with van der Waals surface area (Å²) in [4.78, 5) is 26.1. The van der Waals surface area contributed by atoms with Gasteiger partial charge in [-0.1, -0.05) is 0 Å². The average Bonchev–Trinajstić information content (AvgIpc) is 2.72. The lowest BCUT2D eigenvalue weighted by molar-refractivity contribution is 0.0980. The van der Waals surface area contributed by atoms with E-state index in [1.807, 2.05) is 0 Å². The number of ketones is 2. The van der Waals surface area contributed by atoms with Gasteiger partial charge in [-0.25, -0.2) is 0 Å². The Bertz CT molecular complexity index is 1320. The van der Waals surface area contributed by atoms with E-state index in [2.05, 4.69) is 10.6 Å². The van der Waals surface area contributed by atoms with E-state index in [-0.39, 0.29) is 22.3 Å². The zero-order valence-corrected chi connectivity index (χ0v) is 16.6. The van der Waals surface area contributed by atoms with Crippen LogP contribution in [0.2, 0.25) is 0 Å². The Morgan fingerprint density at radius 1 is 0.833 bits per heavy atom. The number of benzene rings is 3. The van der Waals surface area contributed by atoms with Gasteiger partial charge >= 0.3 is 0 Å². The number of carbonyl (C=O) groups excluding carboxylic acids is 2. The van der Waals surface area contributed by atoms with E-state index in [4.69, 9.17) is 5.73 Å². The molecule has 9 heteroatoms. The highest BCUT2D eigenvalue weighted by Gasteiger charge is 2.34. The van der Waals surface area contributed by atoms with Crippen molar-refractivity contribution in [3.63, 3.8) is 0 Å². The predicted octanol–water partition coefficient (Wildman–Crippen LogP) is 3.08. The standard InChI is InChI=1S/C21H17N3O5S/c1-23-16-8-9-17(24-12-4-2-11(22)3-5-12)19-18(16)20(25)14-7-6-13(30(27,28)29)10-15(14)21(19)26/h2-10,23-24H,22H2,1H3,(H,27,28,29). The number of rotatable bonds is 4. The van der Waals surface area contributed by atoms with Crippen molar-refractivity contribution < 1.29 is 22.6 Å². The molecular weight excluding hydrogens is 406 g/mol. The van der Waals surface area contributed by atoms with E-state index >= 15 is 0 Å². The van der Waals surface area contributed by atoms with Gasteiger partial charge < -0.3 is 16.4 Å². The van der Waals surface area contributed by atoms with Gasteiger partial charge in [-0.15, -0.1) is 0 Å². The molecule has 0 saturated heterocycles. The molecule has 0 spiro atoms. The molecule has 5 N–H and O–H groups in total. The topological polar surface area (TPSA) is 139 Å². The molecule has 0 atom stereocenters. The highest BCUT2D eigenvalue weighted by atomic mass is 32.2. The SMILES string of the molecule is CNc1ccc(Nc2ccc(N)cc2)c2c1C(=O)c1ccc(S(=O)(=O)O)cc1C2=O. The van der Waals surface area contributed by atoms with Crippen molar-refractivity contribution in [2.45, 2.75) is 4.90 Å². The third-order valence-electron chi connectivity index (χ3n) is 4.90. The first-order valence-electron chi connectivity index (χ1n) is 8.89. The number of nitrogen functional groups attached to an aromatic ring is 1. The van der Waals surface area contributed by atoms with Crippen LogP contribution in [0.4, 0.5) is 22.7 Å². The van der Waals surface area contributed by atoms with Crippen LogP contribution in [0.1, 0.15) is 31.8 Å². The number of hydrogen-bond donors (Lipinski definition) is 4. The maximum absolute atomic E-state index is 13.3. The lowest BCUT2D eigenvalue weighted by Crippen LogP contribution is -2.24. The molecule has 0 heterocycles. The fourth-order valence-corrected chi connectivity index (χ4v) is 3.95. The smallest absolute Gasteiger partial charge is 0.294 e. The molecule has 152 valence electrons. The van der Waals surface area contributed by atoms with E-state index in [0.29, 0.717) is 22.7 Å². The number of anilines is 4. The van der Waals surface area contributed by atoms with Crippen molar-refractivity contribution in [3.8, 4) is 0 Å². The van der Waals surface area contributed by atoms with Crippen molar-refractivity contribution in [1.29, 1.82) is 0 Å². The second-order valence-corrected chi connectivity index (χ2v) is 8.17. The normalized spacial score (nSPS) is 12.9. The molecule has 0 unspecified atom stereocenters. The molecule has 0 fully saturated rings. The molecule has 1 aliphatic carbocycles. The van der Waals surface area contributed by atoms with Gasteiger partial charge in [0.2, 0.25) is 0 Å². The molecule has 0 radical (unpaired) electrons. The first kappa shape index (κ1) is 19.6. The van der Waals surface area contributed by atoms with Crippen LogP contribution in [-0.4, -0.2) is 31.6 Å². The number of hydrogen-bond acceptors (Lipinski definition) is 7. The molecule has 8 nitrogen and oxygen atoms in total. The zero-order chi connectivity index (χ0) is 21.6. The monoisotopic (exact) mass is 423 g/mol. The van der Waals surface area contributed by atoms with Crippen LogP contribution in [-0.2, 0) is 10.1 Å². The summed E-state index contributed by atoms with van der Waals surface area (Å²) < 4.78 is 32.4. The van der Waals surface area contributed by atoms with Crippen LogP contribution in [0.15, 0.2) is 59.5 Å². The number of nitrogens with two attached hydrogens (primary N) is 1. The summed E-state index contributed by atoms with van der Waals surface area (Å²) in [6, 6.07) is 13.5. The predicted molar refractivity (Wildman–Crippen MR) is 113 cm³/mol. The molecule has 3 aromatic rings. The number of carbonyl (C=O) groups is 2. The van der Waals surface area contributed by atoms with Crippen LogP contribution in [0.3, 0.4) is 0 Å². The van der Waals surface area contributed by atoms with E-state index in [1.54, 1.807) is 43.4 Å². The molecule has 1 aliphatic rings. The van der Waals surface area contributed by atoms with Gasteiger partial charge in [0.25, 0.3) is 10.1 Å². The van der Waals surface area contributed by atoms with Gasteiger partial charge in [0, 0.05) is 35.2 Å². The second-order valence-electron chi connectivity index (χ2n) is 6.75. The van der Waals surface area contributed by atoms with Crippen molar-refractivity contribution in [2.75, 3.05) is 23.4 Å². The van der Waals surface area contributed by atoms with Gasteiger partial charge in [-0.2, -0.15) is 8.42 Å². The van der Waals surface area contributed by atoms with Crippen LogP contribution in [0.25, 0.3) is 0 Å². The van der Waals surface area contributed by atoms with Crippen LogP contribution in [0.5, 0.6) is 0 Å². The van der Waals surface area contributed by atoms with Crippen molar-refractivity contribution in [2.24, 2.45) is 0 Å². The summed E-state index contributed by atoms with van der Waals surface area (Å²) in [6.45, 7) is 0. The van der Waals surface area contributed by atoms with Crippen LogP contribution in [0, 0.1) is 0 Å². The fourth-order valence-electron chi connectivity index (χ4n) is 3.45. The Morgan fingerprint density at radius 2 is 1.43 bits per heavy atom. The summed E-state index contributed by atoms with van der Waals surface area (Å²) in [7, 11) is -2.90. The van der Waals surface area contributed by atoms with Crippen LogP contribution < -0.4 is 16.4 Å². The molecule has 0 saturated carbocycles. The van der Waals surface area contributed by atoms with Gasteiger partial charge in [-0.05, 0) is 54.6 Å². The molecule has 0 bridgehead atoms. The highest BCUT2D eigenvalue weighted by Crippen LogP contribution is 2.38. The summed E-state index contributed by atoms with van der Waals surface area (Å²) in [5, 5.41) is 6.03. The molecule has 3 aromatic carbocycles. The summed E-state index contributed by atoms with van der Waals surface area (Å²) in [5.41, 5.74) is 8.08. The van der Waals surface area contributed by atoms with Gasteiger partial charge in [0.15, 0.2) is 11.6 Å². The summed E-state index contributed by atoms with van der Waals surface area (Å²) in [5.74, 6) is -0.952. The molecular formula is C21H17N3O5S. The minimum absolute atomic E-state index is 0.0704. The number of fused-ring (bicyclic) bond motifs is 2. The minimum atomic E-state index is -4.53. The minimum Gasteiger partial charge on any atom is -0.399 e. The van der Waals surface area contributed by atoms with E-state index in [0.717, 1.165) is 12.1 Å². The average molecular weight is 423 g/mol. The van der Waals surface area contributed by atoms with Gasteiger partial charge in [0.1, 0.15) is 0 Å². The van der Waals surface area contributed by atoms with Gasteiger partial charge in [0.05, 0.1) is 21.7 Å². The molecule has 0 amide bonds. The zero-order valence-electron chi connectivity index (χ0n) is 15.8. The molecule has 0 aliphatic heterocycles. The first-order valence-corrected chi connectivity index (χ1v) is 10.3. The van der Waals surface area contributed by atoms with Crippen LogP contribution >= 0.6 is 0 Å². The summed E-state index contributed by atoms with van der Waals surface area (Å²) >= 11 is 0. The Morgan fingerprint density at radius 3 is 2.07 bits per heavy atom. The molecule has 4 rings (SSSR count). The lowest BCUT2D eigenvalue weighted by Gasteiger charge is -2.23. The Labute approximate surface area is 172 Å². The third kappa shape index (κ3) is 3.19. The van der Waals surface area contributed by atoms with E-state index in [1.165, 1.54) is 6.07 Å². The fraction of sp³-hybridized carbons (Fsp3) is 0.0476. The van der Waals surface area contributed by atoms with E-state index < -0.39 is 26.6 Å². The van der Waals surface area contributed by atoms with Crippen molar-refractivity contribution in [3.05, 3.63) is 76.9 Å². The molecule has 0 aromatic heterocycles. The van der Waals surface area contributed by atoms with Crippen molar-refractivity contribution >= 4 is 44.4 Å². The van der Waals surface area contributed by atoms with E-state index in [9.17, 15) is 22.6 Å². The first-order chi connectivity index (χ1) is 14.2. The molecule has 30 heavy (non-hydrogen) atoms. The Hall–Kier alpha value is -3.69. The summed E-state index contributed by atoms with van der Waals surface area (Å²) in [6.07, 6.45) is 0. The van der Waals surface area contributed by atoms with Crippen molar-refractivity contribution in [1.82, 2.24) is 0 Å². The maximum Gasteiger partial charge on any atom is 0.294 e. The largest absolute Gasteiger partial charge is 0.399 e. The highest BCUT2D eigenvalue weighted by molar-refractivity contribution is 7.85. The Balaban J connectivity index is 1.92. The third-order valence-corrected chi connectivity index (χ3v) is 5.75. The Kier molecular flexibility index (Phi) is 4.56. The second kappa shape index (κ2) is 6.97. The maximum atomic E-state index is 13.3.